The molecule has 1 atom stereocenters. The lowest BCUT2D eigenvalue weighted by Crippen LogP contribution is -2.25. The highest BCUT2D eigenvalue weighted by atomic mass is 32.2. The van der Waals surface area contributed by atoms with Crippen molar-refractivity contribution >= 4 is 27.5 Å². The number of hydrogen-bond donors (Lipinski definition) is 2. The lowest BCUT2D eigenvalue weighted by Gasteiger charge is -2.24. The summed E-state index contributed by atoms with van der Waals surface area (Å²) in [5.74, 6) is 3.78. The molecule has 1 unspecified atom stereocenters. The molecule has 0 saturated carbocycles. The van der Waals surface area contributed by atoms with E-state index in [-0.39, 0.29) is 4.90 Å². The molecule has 15 heteroatoms. The SMILES string of the molecule is COc1ccc(CN(Cc2ccc(OC)cc2)c2nc(C)nc(-c3cc(C(N)c4ccc(S(=O)(=O)N(C)C)cc4)cnc3Nc3ccc(OC)nc3)n2)cc1. The third-order valence-electron chi connectivity index (χ3n) is 8.82. The Morgan fingerprint density at radius 3 is 1.87 bits per heavy atom. The number of ether oxygens (including phenoxy) is 3. The number of sulfonamides is 1. The van der Waals surface area contributed by atoms with Crippen molar-refractivity contribution < 1.29 is 22.6 Å². The van der Waals surface area contributed by atoms with Crippen LogP contribution in [-0.4, -0.2) is 73.1 Å². The Kier molecular flexibility index (Phi) is 11.8. The number of nitrogens with one attached hydrogen (secondary N) is 1. The summed E-state index contributed by atoms with van der Waals surface area (Å²) in [7, 11) is 4.21. The van der Waals surface area contributed by atoms with E-state index in [4.69, 9.17) is 39.9 Å². The van der Waals surface area contributed by atoms with Crippen molar-refractivity contribution in [3.8, 4) is 28.8 Å². The fourth-order valence-electron chi connectivity index (χ4n) is 5.71. The number of methoxy groups -OCH3 is 3. The number of aromatic nitrogens is 5. The summed E-state index contributed by atoms with van der Waals surface area (Å²) >= 11 is 0. The smallest absolute Gasteiger partial charge is 0.242 e. The molecule has 0 radical (unpaired) electrons. The lowest BCUT2D eigenvalue weighted by atomic mass is 9.99. The number of benzene rings is 3. The Hall–Kier alpha value is -6.16. The zero-order chi connectivity index (χ0) is 39.1. The lowest BCUT2D eigenvalue weighted by molar-refractivity contribution is 0.398. The molecule has 284 valence electrons. The molecule has 0 aliphatic heterocycles. The van der Waals surface area contributed by atoms with Gasteiger partial charge in [-0.15, -0.1) is 0 Å². The molecule has 0 aliphatic rings. The third-order valence-corrected chi connectivity index (χ3v) is 10.6. The monoisotopic (exact) mass is 761 g/mol. The first-order valence-electron chi connectivity index (χ1n) is 17.3. The summed E-state index contributed by atoms with van der Waals surface area (Å²) < 4.78 is 42.6. The second-order valence-electron chi connectivity index (χ2n) is 12.8. The van der Waals surface area contributed by atoms with Gasteiger partial charge < -0.3 is 30.2 Å². The first-order chi connectivity index (χ1) is 26.5. The predicted molar refractivity (Wildman–Crippen MR) is 211 cm³/mol. The third kappa shape index (κ3) is 9.15. The van der Waals surface area contributed by atoms with Gasteiger partial charge in [-0.1, -0.05) is 36.4 Å². The first-order valence-corrected chi connectivity index (χ1v) is 18.7. The highest BCUT2D eigenvalue weighted by molar-refractivity contribution is 7.89. The van der Waals surface area contributed by atoms with Crippen LogP contribution >= 0.6 is 0 Å². The number of hydrogen-bond acceptors (Lipinski definition) is 13. The van der Waals surface area contributed by atoms with E-state index >= 15 is 0 Å². The topological polar surface area (TPSA) is 171 Å². The molecule has 3 aromatic heterocycles. The van der Waals surface area contributed by atoms with E-state index < -0.39 is 16.1 Å². The van der Waals surface area contributed by atoms with Crippen molar-refractivity contribution in [2.24, 2.45) is 5.73 Å². The Morgan fingerprint density at radius 2 is 1.35 bits per heavy atom. The van der Waals surface area contributed by atoms with Gasteiger partial charge in [0.25, 0.3) is 0 Å². The highest BCUT2D eigenvalue weighted by Crippen LogP contribution is 2.32. The van der Waals surface area contributed by atoms with Crippen molar-refractivity contribution in [3.63, 3.8) is 0 Å². The Morgan fingerprint density at radius 1 is 0.727 bits per heavy atom. The zero-order valence-corrected chi connectivity index (χ0v) is 32.3. The minimum absolute atomic E-state index is 0.168. The molecular weight excluding hydrogens is 719 g/mol. The number of rotatable bonds is 15. The van der Waals surface area contributed by atoms with Crippen LogP contribution < -0.4 is 30.2 Å². The van der Waals surface area contributed by atoms with Gasteiger partial charge in [-0.2, -0.15) is 9.97 Å². The van der Waals surface area contributed by atoms with Gasteiger partial charge in [-0.25, -0.2) is 27.7 Å². The number of anilines is 3. The van der Waals surface area contributed by atoms with Gasteiger partial charge in [0.05, 0.1) is 49.7 Å². The molecule has 0 saturated heterocycles. The zero-order valence-electron chi connectivity index (χ0n) is 31.5. The van der Waals surface area contributed by atoms with Crippen molar-refractivity contribution in [1.29, 1.82) is 0 Å². The van der Waals surface area contributed by atoms with Crippen LogP contribution in [0.3, 0.4) is 0 Å². The van der Waals surface area contributed by atoms with E-state index in [9.17, 15) is 8.42 Å². The summed E-state index contributed by atoms with van der Waals surface area (Å²) in [4.78, 5) is 26.0. The van der Waals surface area contributed by atoms with E-state index in [1.807, 2.05) is 67.6 Å². The summed E-state index contributed by atoms with van der Waals surface area (Å²) in [5.41, 5.74) is 11.5. The molecule has 0 fully saturated rings. The van der Waals surface area contributed by atoms with Crippen LogP contribution in [0.15, 0.2) is 108 Å². The average molecular weight is 762 g/mol. The maximum absolute atomic E-state index is 12.7. The molecule has 0 aliphatic carbocycles. The highest BCUT2D eigenvalue weighted by Gasteiger charge is 2.22. The van der Waals surface area contributed by atoms with Gasteiger partial charge in [0.2, 0.25) is 21.9 Å². The van der Waals surface area contributed by atoms with Crippen molar-refractivity contribution in [2.45, 2.75) is 31.0 Å². The van der Waals surface area contributed by atoms with Gasteiger partial charge in [0, 0.05) is 39.4 Å². The van der Waals surface area contributed by atoms with Crippen LogP contribution in [0, 0.1) is 6.92 Å². The molecule has 3 N–H and O–H groups in total. The largest absolute Gasteiger partial charge is 0.497 e. The molecule has 3 aromatic carbocycles. The summed E-state index contributed by atoms with van der Waals surface area (Å²) in [6.07, 6.45) is 3.31. The van der Waals surface area contributed by atoms with Crippen molar-refractivity contribution in [2.75, 3.05) is 45.6 Å². The molecular formula is C40H43N9O5S. The molecule has 6 rings (SSSR count). The minimum Gasteiger partial charge on any atom is -0.497 e. The van der Waals surface area contributed by atoms with Crippen molar-refractivity contribution in [3.05, 3.63) is 131 Å². The van der Waals surface area contributed by atoms with Crippen LogP contribution in [0.5, 0.6) is 17.4 Å². The minimum atomic E-state index is -3.61. The van der Waals surface area contributed by atoms with Gasteiger partial charge in [0.15, 0.2) is 5.82 Å². The maximum Gasteiger partial charge on any atom is 0.242 e. The Balaban J connectivity index is 1.42. The fraction of sp³-hybridized carbons (Fsp3) is 0.225. The van der Waals surface area contributed by atoms with Crippen LogP contribution in [-0.2, 0) is 23.1 Å². The van der Waals surface area contributed by atoms with E-state index in [0.717, 1.165) is 22.6 Å². The molecule has 6 aromatic rings. The molecule has 3 heterocycles. The maximum atomic E-state index is 12.7. The van der Waals surface area contributed by atoms with Gasteiger partial charge >= 0.3 is 0 Å². The fourth-order valence-corrected chi connectivity index (χ4v) is 6.61. The van der Waals surface area contributed by atoms with Crippen LogP contribution in [0.2, 0.25) is 0 Å². The van der Waals surface area contributed by atoms with Gasteiger partial charge in [-0.05, 0) is 77.7 Å². The first kappa shape index (κ1) is 38.6. The Bertz CT molecular complexity index is 2280. The standard InChI is InChI=1S/C40H43N9O5S/c1-26-44-39(47-40(45-26)49(24-27-7-14-32(52-4)15-8-27)25-28-9-16-33(53-5)17-10-28)35-21-30(22-43-38(35)46-31-13-20-36(54-6)42-23-31)37(41)29-11-18-34(19-12-29)55(50,51)48(2)3/h7-23,37H,24-25,41H2,1-6H3,(H,43,46). The molecule has 14 nitrogen and oxygen atoms in total. The number of pyridine rings is 2. The van der Waals surface area contributed by atoms with Crippen LogP contribution in [0.25, 0.3) is 11.4 Å². The Labute approximate surface area is 321 Å². The number of aryl methyl sites for hydroxylation is 1. The van der Waals surface area contributed by atoms with Crippen molar-refractivity contribution in [1.82, 2.24) is 29.2 Å². The number of nitrogens with zero attached hydrogens (tertiary/aromatic N) is 7. The van der Waals surface area contributed by atoms with Crippen LogP contribution in [0.1, 0.15) is 34.1 Å². The summed E-state index contributed by atoms with van der Waals surface area (Å²) in [6, 6.07) is 27.1. The second kappa shape index (κ2) is 16.9. The quantitative estimate of drug-likeness (QED) is 0.127. The average Bonchev–Trinajstić information content (AvgIpc) is 3.21. The van der Waals surface area contributed by atoms with Gasteiger partial charge in [-0.3, -0.25) is 0 Å². The van der Waals surface area contributed by atoms with Gasteiger partial charge in [0.1, 0.15) is 23.1 Å². The van der Waals surface area contributed by atoms with E-state index in [0.29, 0.717) is 64.8 Å². The molecule has 0 bridgehead atoms. The summed E-state index contributed by atoms with van der Waals surface area (Å²) in [6.45, 7) is 2.80. The normalized spacial score (nSPS) is 11.9. The number of nitrogens with two attached hydrogens (primary N) is 1. The molecule has 55 heavy (non-hydrogen) atoms. The predicted octanol–water partition coefficient (Wildman–Crippen LogP) is 5.91. The van der Waals surface area contributed by atoms with E-state index in [2.05, 4.69) is 15.2 Å². The molecule has 0 amide bonds. The summed E-state index contributed by atoms with van der Waals surface area (Å²) in [5, 5.41) is 3.35. The molecule has 0 spiro atoms. The second-order valence-corrected chi connectivity index (χ2v) is 14.9. The van der Waals surface area contributed by atoms with Crippen LogP contribution in [0.4, 0.5) is 17.5 Å². The van der Waals surface area contributed by atoms with E-state index in [1.54, 1.807) is 64.1 Å². The van der Waals surface area contributed by atoms with E-state index in [1.165, 1.54) is 18.4 Å².